The summed E-state index contributed by atoms with van der Waals surface area (Å²) in [5.74, 6) is 0.135. The van der Waals surface area contributed by atoms with Crippen molar-refractivity contribution in [3.8, 4) is 6.07 Å². The molecule has 0 aliphatic rings. The first-order valence-electron chi connectivity index (χ1n) is 6.21. The normalized spacial score (nSPS) is 9.81. The van der Waals surface area contributed by atoms with Crippen LogP contribution in [0.15, 0.2) is 30.5 Å². The molecule has 1 amide bonds. The van der Waals surface area contributed by atoms with Gasteiger partial charge < -0.3 is 10.6 Å². The molecule has 106 valence electrons. The minimum atomic E-state index is -0.367. The standard InChI is InChI=1S/C15H13ClN4O/c1-9-4-3-5-13(11(9)7-17)20-15(21)10-6-12(16)14(18-2)19-8-10/h3-6,8H,1-2H3,(H,18,19)(H,20,21). The van der Waals surface area contributed by atoms with Crippen LogP contribution in [0.4, 0.5) is 11.5 Å². The van der Waals surface area contributed by atoms with Crippen LogP contribution >= 0.6 is 11.6 Å². The number of anilines is 2. The molecule has 1 aromatic carbocycles. The smallest absolute Gasteiger partial charge is 0.257 e. The van der Waals surface area contributed by atoms with Gasteiger partial charge in [0.25, 0.3) is 5.91 Å². The topological polar surface area (TPSA) is 77.8 Å². The summed E-state index contributed by atoms with van der Waals surface area (Å²) < 4.78 is 0. The van der Waals surface area contributed by atoms with E-state index in [1.807, 2.05) is 13.0 Å². The highest BCUT2D eigenvalue weighted by molar-refractivity contribution is 6.33. The first-order chi connectivity index (χ1) is 10.1. The molecule has 6 heteroatoms. The van der Waals surface area contributed by atoms with Gasteiger partial charge in [0.05, 0.1) is 21.8 Å². The van der Waals surface area contributed by atoms with Crippen LogP contribution in [0.2, 0.25) is 5.02 Å². The van der Waals surface area contributed by atoms with Crippen molar-refractivity contribution >= 4 is 29.0 Å². The van der Waals surface area contributed by atoms with E-state index in [0.29, 0.717) is 27.7 Å². The molecule has 0 bridgehead atoms. The zero-order chi connectivity index (χ0) is 15.4. The second-order valence-corrected chi connectivity index (χ2v) is 4.78. The van der Waals surface area contributed by atoms with Gasteiger partial charge in [-0.3, -0.25) is 4.79 Å². The Morgan fingerprint density at radius 1 is 1.43 bits per heavy atom. The van der Waals surface area contributed by atoms with Crippen molar-refractivity contribution < 1.29 is 4.79 Å². The third-order valence-electron chi connectivity index (χ3n) is 2.97. The number of hydrogen-bond acceptors (Lipinski definition) is 4. The van der Waals surface area contributed by atoms with Gasteiger partial charge in [0.1, 0.15) is 11.9 Å². The lowest BCUT2D eigenvalue weighted by Gasteiger charge is -2.09. The number of nitrogens with zero attached hydrogens (tertiary/aromatic N) is 2. The van der Waals surface area contributed by atoms with E-state index >= 15 is 0 Å². The zero-order valence-electron chi connectivity index (χ0n) is 11.6. The van der Waals surface area contributed by atoms with Crippen molar-refractivity contribution in [3.63, 3.8) is 0 Å². The summed E-state index contributed by atoms with van der Waals surface area (Å²) in [5, 5.41) is 15.0. The first-order valence-corrected chi connectivity index (χ1v) is 6.59. The van der Waals surface area contributed by atoms with Gasteiger partial charge in [-0.1, -0.05) is 23.7 Å². The fourth-order valence-corrected chi connectivity index (χ4v) is 2.12. The number of aromatic nitrogens is 1. The van der Waals surface area contributed by atoms with E-state index < -0.39 is 0 Å². The summed E-state index contributed by atoms with van der Waals surface area (Å²) in [6, 6.07) is 8.88. The Morgan fingerprint density at radius 2 is 2.19 bits per heavy atom. The van der Waals surface area contributed by atoms with Gasteiger partial charge >= 0.3 is 0 Å². The van der Waals surface area contributed by atoms with Crippen molar-refractivity contribution in [3.05, 3.63) is 52.2 Å². The maximum Gasteiger partial charge on any atom is 0.257 e. The Morgan fingerprint density at radius 3 is 2.81 bits per heavy atom. The largest absolute Gasteiger partial charge is 0.372 e. The number of carbonyl (C=O) groups is 1. The third kappa shape index (κ3) is 3.12. The molecular formula is C15H13ClN4O. The molecule has 0 unspecified atom stereocenters. The molecule has 0 saturated heterocycles. The van der Waals surface area contributed by atoms with Crippen LogP contribution in [0.3, 0.4) is 0 Å². The average molecular weight is 301 g/mol. The van der Waals surface area contributed by atoms with Crippen molar-refractivity contribution in [1.82, 2.24) is 4.98 Å². The SMILES string of the molecule is CNc1ncc(C(=O)Nc2cccc(C)c2C#N)cc1Cl. The number of rotatable bonds is 3. The van der Waals surface area contributed by atoms with E-state index in [4.69, 9.17) is 16.9 Å². The Bertz CT molecular complexity index is 737. The van der Waals surface area contributed by atoms with Gasteiger partial charge in [-0.25, -0.2) is 4.98 Å². The second kappa shape index (κ2) is 6.25. The van der Waals surface area contributed by atoms with E-state index in [1.54, 1.807) is 19.2 Å². The Hall–Kier alpha value is -2.58. The lowest BCUT2D eigenvalue weighted by molar-refractivity contribution is 0.102. The number of aryl methyl sites for hydroxylation is 1. The monoisotopic (exact) mass is 300 g/mol. The van der Waals surface area contributed by atoms with Crippen LogP contribution in [-0.4, -0.2) is 17.9 Å². The van der Waals surface area contributed by atoms with Gasteiger partial charge in [-0.05, 0) is 24.6 Å². The maximum absolute atomic E-state index is 12.2. The van der Waals surface area contributed by atoms with Crippen LogP contribution in [-0.2, 0) is 0 Å². The fourth-order valence-electron chi connectivity index (χ4n) is 1.86. The van der Waals surface area contributed by atoms with E-state index in [9.17, 15) is 4.79 Å². The third-order valence-corrected chi connectivity index (χ3v) is 3.26. The van der Waals surface area contributed by atoms with E-state index in [0.717, 1.165) is 5.56 Å². The van der Waals surface area contributed by atoms with Crippen molar-refractivity contribution in [2.45, 2.75) is 6.92 Å². The highest BCUT2D eigenvalue weighted by atomic mass is 35.5. The summed E-state index contributed by atoms with van der Waals surface area (Å²) in [4.78, 5) is 16.3. The Kier molecular flexibility index (Phi) is 4.41. The van der Waals surface area contributed by atoms with Crippen molar-refractivity contribution in [2.24, 2.45) is 0 Å². The fraction of sp³-hybridized carbons (Fsp3) is 0.133. The highest BCUT2D eigenvalue weighted by Crippen LogP contribution is 2.22. The molecule has 21 heavy (non-hydrogen) atoms. The molecule has 2 aromatic rings. The first kappa shape index (κ1) is 14.8. The molecule has 1 aromatic heterocycles. The van der Waals surface area contributed by atoms with Gasteiger partial charge in [0.15, 0.2) is 0 Å². The van der Waals surface area contributed by atoms with Crippen LogP contribution in [0, 0.1) is 18.3 Å². The summed E-state index contributed by atoms with van der Waals surface area (Å²) in [6.07, 6.45) is 1.43. The quantitative estimate of drug-likeness (QED) is 0.912. The van der Waals surface area contributed by atoms with Gasteiger partial charge in [0.2, 0.25) is 0 Å². The molecule has 0 fully saturated rings. The van der Waals surface area contributed by atoms with Crippen LogP contribution in [0.25, 0.3) is 0 Å². The number of carbonyl (C=O) groups excluding carboxylic acids is 1. The minimum absolute atomic E-state index is 0.324. The van der Waals surface area contributed by atoms with E-state index in [-0.39, 0.29) is 5.91 Å². The Balaban J connectivity index is 2.29. The Labute approximate surface area is 127 Å². The number of pyridine rings is 1. The number of hydrogen-bond donors (Lipinski definition) is 2. The van der Waals surface area contributed by atoms with Crippen LogP contribution < -0.4 is 10.6 Å². The summed E-state index contributed by atoms with van der Waals surface area (Å²) in [6.45, 7) is 1.81. The predicted molar refractivity (Wildman–Crippen MR) is 82.6 cm³/mol. The predicted octanol–water partition coefficient (Wildman–Crippen LogP) is 3.21. The lowest BCUT2D eigenvalue weighted by Crippen LogP contribution is -2.14. The minimum Gasteiger partial charge on any atom is -0.372 e. The van der Waals surface area contributed by atoms with Gasteiger partial charge in [0, 0.05) is 13.2 Å². The van der Waals surface area contributed by atoms with Crippen LogP contribution in [0.1, 0.15) is 21.5 Å². The second-order valence-electron chi connectivity index (χ2n) is 4.37. The van der Waals surface area contributed by atoms with Gasteiger partial charge in [-0.15, -0.1) is 0 Å². The number of nitriles is 1. The molecule has 1 heterocycles. The average Bonchev–Trinajstić information content (AvgIpc) is 2.47. The molecule has 0 atom stereocenters. The molecular weight excluding hydrogens is 288 g/mol. The van der Waals surface area contributed by atoms with Crippen molar-refractivity contribution in [1.29, 1.82) is 5.26 Å². The molecule has 2 N–H and O–H groups in total. The summed E-state index contributed by atoms with van der Waals surface area (Å²) >= 11 is 6.00. The van der Waals surface area contributed by atoms with Crippen molar-refractivity contribution in [2.75, 3.05) is 17.7 Å². The molecule has 0 radical (unpaired) electrons. The molecule has 0 spiro atoms. The molecule has 0 aliphatic carbocycles. The van der Waals surface area contributed by atoms with Crippen LogP contribution in [0.5, 0.6) is 0 Å². The zero-order valence-corrected chi connectivity index (χ0v) is 12.3. The lowest BCUT2D eigenvalue weighted by atomic mass is 10.1. The molecule has 2 rings (SSSR count). The number of benzene rings is 1. The highest BCUT2D eigenvalue weighted by Gasteiger charge is 2.12. The molecule has 0 aliphatic heterocycles. The van der Waals surface area contributed by atoms with E-state index in [2.05, 4.69) is 21.7 Å². The maximum atomic E-state index is 12.2. The number of nitrogens with one attached hydrogen (secondary N) is 2. The number of amides is 1. The molecule has 5 nitrogen and oxygen atoms in total. The van der Waals surface area contributed by atoms with E-state index in [1.165, 1.54) is 12.3 Å². The number of halogens is 1. The van der Waals surface area contributed by atoms with Gasteiger partial charge in [-0.2, -0.15) is 5.26 Å². The summed E-state index contributed by atoms with van der Waals surface area (Å²) in [7, 11) is 1.69. The molecule has 0 saturated carbocycles. The summed E-state index contributed by atoms with van der Waals surface area (Å²) in [5.41, 5.74) is 2.04.